The maximum Gasteiger partial charge on any atom is 0.239 e. The van der Waals surface area contributed by atoms with Crippen molar-refractivity contribution in [3.05, 3.63) is 28.0 Å². The minimum atomic E-state index is -0.318. The highest BCUT2D eigenvalue weighted by Gasteiger charge is 2.09. The zero-order chi connectivity index (χ0) is 14.4. The van der Waals surface area contributed by atoms with Crippen LogP contribution in [0.3, 0.4) is 0 Å². The van der Waals surface area contributed by atoms with Gasteiger partial charge in [0.2, 0.25) is 5.91 Å². The molecular formula is C13H18BrFN2O2. The number of rotatable bonds is 6. The van der Waals surface area contributed by atoms with Gasteiger partial charge in [-0.05, 0) is 47.5 Å². The van der Waals surface area contributed by atoms with Gasteiger partial charge in [-0.3, -0.25) is 4.79 Å². The molecule has 19 heavy (non-hydrogen) atoms. The van der Waals surface area contributed by atoms with Crippen LogP contribution in [-0.2, 0) is 9.53 Å². The molecule has 0 saturated heterocycles. The van der Waals surface area contributed by atoms with Crippen LogP contribution in [-0.4, -0.2) is 32.2 Å². The van der Waals surface area contributed by atoms with Crippen LogP contribution in [0.2, 0.25) is 0 Å². The smallest absolute Gasteiger partial charge is 0.239 e. The molecule has 1 aromatic carbocycles. The van der Waals surface area contributed by atoms with Gasteiger partial charge in [-0.1, -0.05) is 0 Å². The summed E-state index contributed by atoms with van der Waals surface area (Å²) >= 11 is 3.12. The van der Waals surface area contributed by atoms with E-state index in [0.717, 1.165) is 11.3 Å². The first-order valence-electron chi connectivity index (χ1n) is 5.92. The Hall–Kier alpha value is -1.14. The molecule has 0 radical (unpaired) electrons. The molecule has 0 saturated carbocycles. The van der Waals surface area contributed by atoms with Gasteiger partial charge in [0.05, 0.1) is 17.6 Å². The number of benzene rings is 1. The van der Waals surface area contributed by atoms with Gasteiger partial charge in [0, 0.05) is 18.8 Å². The Morgan fingerprint density at radius 2 is 2.21 bits per heavy atom. The number of anilines is 1. The molecular weight excluding hydrogens is 315 g/mol. The van der Waals surface area contributed by atoms with E-state index in [1.807, 2.05) is 6.92 Å². The molecule has 1 rings (SSSR count). The largest absolute Gasteiger partial charge is 0.383 e. The lowest BCUT2D eigenvalue weighted by molar-refractivity contribution is -0.120. The zero-order valence-electron chi connectivity index (χ0n) is 11.2. The summed E-state index contributed by atoms with van der Waals surface area (Å²) < 4.78 is 18.5. The van der Waals surface area contributed by atoms with E-state index < -0.39 is 0 Å². The molecule has 1 aromatic rings. The Kier molecular flexibility index (Phi) is 6.24. The molecule has 0 heterocycles. The molecule has 6 heteroatoms. The predicted molar refractivity (Wildman–Crippen MR) is 76.8 cm³/mol. The number of amides is 1. The quantitative estimate of drug-likeness (QED) is 0.841. The molecule has 0 aliphatic carbocycles. The zero-order valence-corrected chi connectivity index (χ0v) is 12.8. The van der Waals surface area contributed by atoms with Crippen molar-refractivity contribution in [1.29, 1.82) is 0 Å². The van der Waals surface area contributed by atoms with Crippen LogP contribution in [0.4, 0.5) is 10.1 Å². The predicted octanol–water partition coefficient (Wildman–Crippen LogP) is 2.46. The van der Waals surface area contributed by atoms with Crippen molar-refractivity contribution in [1.82, 2.24) is 5.32 Å². The third kappa shape index (κ3) is 5.16. The molecule has 0 aromatic heterocycles. The van der Waals surface area contributed by atoms with Crippen LogP contribution in [0.25, 0.3) is 0 Å². The molecule has 0 aliphatic heterocycles. The fraction of sp³-hybridized carbons (Fsp3) is 0.462. The van der Waals surface area contributed by atoms with Crippen molar-refractivity contribution in [3.63, 3.8) is 0 Å². The first kappa shape index (κ1) is 15.9. The SMILES string of the molecule is COCC(C)NC(=O)CNc1cc(Br)c(F)cc1C. The lowest BCUT2D eigenvalue weighted by Gasteiger charge is -2.14. The van der Waals surface area contributed by atoms with Gasteiger partial charge in [0.1, 0.15) is 5.82 Å². The van der Waals surface area contributed by atoms with Gasteiger partial charge in [0.25, 0.3) is 0 Å². The lowest BCUT2D eigenvalue weighted by Crippen LogP contribution is -2.39. The van der Waals surface area contributed by atoms with Gasteiger partial charge >= 0.3 is 0 Å². The number of hydrogen-bond acceptors (Lipinski definition) is 3. The summed E-state index contributed by atoms with van der Waals surface area (Å²) in [5, 5.41) is 5.76. The molecule has 0 bridgehead atoms. The summed E-state index contributed by atoms with van der Waals surface area (Å²) in [5.41, 5.74) is 1.47. The molecule has 4 nitrogen and oxygen atoms in total. The fourth-order valence-electron chi connectivity index (χ4n) is 1.63. The van der Waals surface area contributed by atoms with Crippen LogP contribution in [0.15, 0.2) is 16.6 Å². The first-order valence-corrected chi connectivity index (χ1v) is 6.71. The Morgan fingerprint density at radius 1 is 1.53 bits per heavy atom. The summed E-state index contributed by atoms with van der Waals surface area (Å²) in [6.45, 7) is 4.24. The first-order chi connectivity index (χ1) is 8.93. The third-order valence-electron chi connectivity index (χ3n) is 2.53. The van der Waals surface area contributed by atoms with Crippen molar-refractivity contribution in [2.45, 2.75) is 19.9 Å². The highest BCUT2D eigenvalue weighted by Crippen LogP contribution is 2.23. The van der Waals surface area contributed by atoms with E-state index in [1.165, 1.54) is 6.07 Å². The summed E-state index contributed by atoms with van der Waals surface area (Å²) in [5.74, 6) is -0.453. The highest BCUT2D eigenvalue weighted by atomic mass is 79.9. The minimum absolute atomic E-state index is 0.0413. The fourth-order valence-corrected chi connectivity index (χ4v) is 1.97. The monoisotopic (exact) mass is 332 g/mol. The Labute approximate surface area is 120 Å². The van der Waals surface area contributed by atoms with E-state index >= 15 is 0 Å². The van der Waals surface area contributed by atoms with Gasteiger partial charge in [-0.2, -0.15) is 0 Å². The number of ether oxygens (including phenoxy) is 1. The maximum absolute atomic E-state index is 13.2. The van der Waals surface area contributed by atoms with Crippen molar-refractivity contribution in [2.75, 3.05) is 25.6 Å². The van der Waals surface area contributed by atoms with Gasteiger partial charge in [-0.15, -0.1) is 0 Å². The van der Waals surface area contributed by atoms with Crippen LogP contribution in [0.1, 0.15) is 12.5 Å². The molecule has 0 aliphatic rings. The van der Waals surface area contributed by atoms with Crippen LogP contribution in [0.5, 0.6) is 0 Å². The molecule has 106 valence electrons. The molecule has 0 fully saturated rings. The average molecular weight is 333 g/mol. The minimum Gasteiger partial charge on any atom is -0.383 e. The van der Waals surface area contributed by atoms with E-state index in [2.05, 4.69) is 26.6 Å². The Morgan fingerprint density at radius 3 is 2.84 bits per heavy atom. The second-order valence-electron chi connectivity index (χ2n) is 4.36. The Balaban J connectivity index is 2.53. The number of halogens is 2. The van der Waals surface area contributed by atoms with Gasteiger partial charge in [0.15, 0.2) is 0 Å². The van der Waals surface area contributed by atoms with Crippen molar-refractivity contribution >= 4 is 27.5 Å². The highest BCUT2D eigenvalue weighted by molar-refractivity contribution is 9.10. The standard InChI is InChI=1S/C13H18BrFN2O2/c1-8-4-11(15)10(14)5-12(8)16-6-13(18)17-9(2)7-19-3/h4-5,9,16H,6-7H2,1-3H3,(H,17,18). The van der Waals surface area contributed by atoms with E-state index in [0.29, 0.717) is 11.1 Å². The lowest BCUT2D eigenvalue weighted by atomic mass is 10.2. The normalized spacial score (nSPS) is 12.1. The number of methoxy groups -OCH3 is 1. The van der Waals surface area contributed by atoms with Crippen LogP contribution >= 0.6 is 15.9 Å². The second-order valence-corrected chi connectivity index (χ2v) is 5.21. The number of hydrogen-bond donors (Lipinski definition) is 2. The number of carbonyl (C=O) groups excluding carboxylic acids is 1. The number of aryl methyl sites for hydroxylation is 1. The van der Waals surface area contributed by atoms with Crippen molar-refractivity contribution in [2.24, 2.45) is 0 Å². The van der Waals surface area contributed by atoms with Crippen LogP contribution in [0, 0.1) is 12.7 Å². The molecule has 1 amide bonds. The van der Waals surface area contributed by atoms with E-state index in [-0.39, 0.29) is 24.3 Å². The second kappa shape index (κ2) is 7.45. The van der Waals surface area contributed by atoms with Crippen molar-refractivity contribution in [3.8, 4) is 0 Å². The summed E-state index contributed by atoms with van der Waals surface area (Å²) in [6, 6.07) is 2.99. The summed E-state index contributed by atoms with van der Waals surface area (Å²) in [4.78, 5) is 11.6. The van der Waals surface area contributed by atoms with E-state index in [4.69, 9.17) is 4.74 Å². The maximum atomic E-state index is 13.2. The van der Waals surface area contributed by atoms with Crippen molar-refractivity contribution < 1.29 is 13.9 Å². The average Bonchev–Trinajstić information content (AvgIpc) is 2.32. The molecule has 2 N–H and O–H groups in total. The Bertz CT molecular complexity index is 455. The molecule has 1 atom stereocenters. The number of nitrogens with one attached hydrogen (secondary N) is 2. The van der Waals surface area contributed by atoms with Crippen LogP contribution < -0.4 is 10.6 Å². The molecule has 1 unspecified atom stereocenters. The van der Waals surface area contributed by atoms with E-state index in [1.54, 1.807) is 20.1 Å². The topological polar surface area (TPSA) is 50.4 Å². The third-order valence-corrected chi connectivity index (χ3v) is 3.14. The number of carbonyl (C=O) groups is 1. The van der Waals surface area contributed by atoms with Gasteiger partial charge in [-0.25, -0.2) is 4.39 Å². The summed E-state index contributed by atoms with van der Waals surface area (Å²) in [7, 11) is 1.58. The summed E-state index contributed by atoms with van der Waals surface area (Å²) in [6.07, 6.45) is 0. The molecule has 0 spiro atoms. The van der Waals surface area contributed by atoms with Gasteiger partial charge < -0.3 is 15.4 Å². The van der Waals surface area contributed by atoms with E-state index in [9.17, 15) is 9.18 Å².